The molecule has 6 heteroatoms. The Bertz CT molecular complexity index is 543. The second-order valence-electron chi connectivity index (χ2n) is 3.27. The number of nitrogens with one attached hydrogen (secondary N) is 1. The summed E-state index contributed by atoms with van der Waals surface area (Å²) in [5.74, 6) is 4.16. The zero-order chi connectivity index (χ0) is 14.1. The van der Waals surface area contributed by atoms with Gasteiger partial charge in [-0.3, -0.25) is 4.98 Å². The van der Waals surface area contributed by atoms with Crippen LogP contribution >= 0.6 is 0 Å². The molecule has 0 atom stereocenters. The molecule has 98 valence electrons. The summed E-state index contributed by atoms with van der Waals surface area (Å²) in [6, 6.07) is 1.36. The van der Waals surface area contributed by atoms with E-state index >= 15 is 0 Å². The monoisotopic (exact) mass is 260 g/mol. The molecule has 0 bridgehead atoms. The summed E-state index contributed by atoms with van der Waals surface area (Å²) in [6.45, 7) is 3.56. The third kappa shape index (κ3) is 4.91. The number of hydrogen-bond acceptors (Lipinski definition) is 4. The predicted molar refractivity (Wildman–Crippen MR) is 67.6 cm³/mol. The number of nitrogens with zero attached hydrogens (tertiary/aromatic N) is 1. The van der Waals surface area contributed by atoms with Crippen molar-refractivity contribution in [2.75, 3.05) is 13.2 Å². The first kappa shape index (κ1) is 14.3. The summed E-state index contributed by atoms with van der Waals surface area (Å²) in [6.07, 6.45) is 3.56. The van der Waals surface area contributed by atoms with Crippen molar-refractivity contribution in [3.8, 4) is 11.8 Å². The van der Waals surface area contributed by atoms with Crippen molar-refractivity contribution in [2.45, 2.75) is 0 Å². The van der Waals surface area contributed by atoms with Gasteiger partial charge in [0.15, 0.2) is 0 Å². The van der Waals surface area contributed by atoms with Gasteiger partial charge in [-0.25, -0.2) is 9.59 Å². The van der Waals surface area contributed by atoms with Crippen LogP contribution in [0.15, 0.2) is 31.1 Å². The molecule has 6 nitrogen and oxygen atoms in total. The molecule has 0 fully saturated rings. The fraction of sp³-hybridized carbons (Fsp3) is 0.154. The van der Waals surface area contributed by atoms with Crippen LogP contribution in [0.5, 0.6) is 0 Å². The van der Waals surface area contributed by atoms with E-state index in [1.54, 1.807) is 0 Å². The van der Waals surface area contributed by atoms with Crippen molar-refractivity contribution in [3.63, 3.8) is 0 Å². The number of hydrogen-bond donors (Lipinski definition) is 2. The van der Waals surface area contributed by atoms with E-state index in [1.807, 2.05) is 0 Å². The Morgan fingerprint density at radius 3 is 3.05 bits per heavy atom. The average molecular weight is 260 g/mol. The van der Waals surface area contributed by atoms with Gasteiger partial charge in [-0.1, -0.05) is 24.5 Å². The smallest absolute Gasteiger partial charge is 0.408 e. The molecule has 19 heavy (non-hydrogen) atoms. The summed E-state index contributed by atoms with van der Waals surface area (Å²) in [5.41, 5.74) is 0.355. The Kier molecular flexibility index (Phi) is 5.63. The molecule has 0 aliphatic carbocycles. The number of aromatic carboxylic acids is 1. The normalized spacial score (nSPS) is 8.84. The molecule has 1 aromatic rings. The number of aromatic nitrogens is 1. The van der Waals surface area contributed by atoms with Gasteiger partial charge in [-0.15, -0.1) is 0 Å². The summed E-state index contributed by atoms with van der Waals surface area (Å²) >= 11 is 0. The van der Waals surface area contributed by atoms with Crippen LogP contribution in [0.3, 0.4) is 0 Å². The van der Waals surface area contributed by atoms with Crippen LogP contribution in [0.2, 0.25) is 0 Å². The number of rotatable bonds is 4. The Balaban J connectivity index is 2.57. The standard InChI is InChI=1S/C13H12N2O4/c1-2-8-19-13(18)15-6-3-4-10-9-14-7-5-11(10)12(16)17/h2,5,7,9H,1,6,8H2,(H,15,18)(H,16,17). The molecule has 0 spiro atoms. The van der Waals surface area contributed by atoms with Gasteiger partial charge in [-0.05, 0) is 6.07 Å². The van der Waals surface area contributed by atoms with Crippen molar-refractivity contribution in [1.82, 2.24) is 10.3 Å². The fourth-order valence-corrected chi connectivity index (χ4v) is 1.12. The molecule has 0 aromatic carbocycles. The number of carboxylic acid groups (broad SMARTS) is 1. The fourth-order valence-electron chi connectivity index (χ4n) is 1.12. The molecule has 2 N–H and O–H groups in total. The van der Waals surface area contributed by atoms with E-state index in [2.05, 4.69) is 33.5 Å². The molecule has 1 rings (SSSR count). The largest absolute Gasteiger partial charge is 0.478 e. The predicted octanol–water partition coefficient (Wildman–Crippen LogP) is 1.04. The number of carbonyl (C=O) groups excluding carboxylic acids is 1. The highest BCUT2D eigenvalue weighted by Crippen LogP contribution is 2.04. The van der Waals surface area contributed by atoms with Crippen molar-refractivity contribution >= 4 is 12.1 Å². The first-order chi connectivity index (χ1) is 9.15. The topological polar surface area (TPSA) is 88.5 Å². The molecule has 1 heterocycles. The van der Waals surface area contributed by atoms with Gasteiger partial charge in [0.05, 0.1) is 17.7 Å². The second kappa shape index (κ2) is 7.50. The maximum Gasteiger partial charge on any atom is 0.408 e. The van der Waals surface area contributed by atoms with Gasteiger partial charge in [0, 0.05) is 12.4 Å². The van der Waals surface area contributed by atoms with E-state index in [0.717, 1.165) is 0 Å². The van der Waals surface area contributed by atoms with Crippen molar-refractivity contribution in [1.29, 1.82) is 0 Å². The van der Waals surface area contributed by atoms with Crippen LogP contribution in [0.1, 0.15) is 15.9 Å². The zero-order valence-corrected chi connectivity index (χ0v) is 10.0. The van der Waals surface area contributed by atoms with Crippen LogP contribution in [0.25, 0.3) is 0 Å². The van der Waals surface area contributed by atoms with Crippen molar-refractivity contribution < 1.29 is 19.4 Å². The van der Waals surface area contributed by atoms with Gasteiger partial charge in [-0.2, -0.15) is 0 Å². The molecule has 0 radical (unpaired) electrons. The van der Waals surface area contributed by atoms with Crippen LogP contribution in [-0.4, -0.2) is 35.3 Å². The van der Waals surface area contributed by atoms with E-state index in [9.17, 15) is 9.59 Å². The Morgan fingerprint density at radius 1 is 1.58 bits per heavy atom. The number of amides is 1. The highest BCUT2D eigenvalue weighted by atomic mass is 16.5. The van der Waals surface area contributed by atoms with E-state index in [-0.39, 0.29) is 24.3 Å². The molecule has 1 amide bonds. The Hall–Kier alpha value is -2.81. The van der Waals surface area contributed by atoms with E-state index in [1.165, 1.54) is 24.5 Å². The number of carbonyl (C=O) groups is 2. The summed E-state index contributed by atoms with van der Waals surface area (Å²) < 4.78 is 4.66. The third-order valence-electron chi connectivity index (χ3n) is 1.93. The number of carboxylic acids is 1. The number of alkyl carbamates (subject to hydrolysis) is 1. The molecule has 0 aliphatic heterocycles. The maximum absolute atomic E-state index is 11.0. The van der Waals surface area contributed by atoms with Crippen LogP contribution in [0.4, 0.5) is 4.79 Å². The van der Waals surface area contributed by atoms with Gasteiger partial charge in [0.1, 0.15) is 6.61 Å². The molecule has 0 saturated carbocycles. The highest BCUT2D eigenvalue weighted by molar-refractivity contribution is 5.90. The van der Waals surface area contributed by atoms with Gasteiger partial charge >= 0.3 is 12.1 Å². The van der Waals surface area contributed by atoms with Crippen molar-refractivity contribution in [2.24, 2.45) is 0 Å². The average Bonchev–Trinajstić information content (AvgIpc) is 2.41. The minimum atomic E-state index is -1.08. The van der Waals surface area contributed by atoms with Gasteiger partial charge < -0.3 is 15.2 Å². The SMILES string of the molecule is C=CCOC(=O)NCC#Cc1cnccc1C(=O)O. The lowest BCUT2D eigenvalue weighted by molar-refractivity contribution is 0.0696. The number of ether oxygens (including phenoxy) is 1. The van der Waals surface area contributed by atoms with Crippen molar-refractivity contribution in [3.05, 3.63) is 42.2 Å². The number of pyridine rings is 1. The zero-order valence-electron chi connectivity index (χ0n) is 10.0. The molecule has 1 aromatic heterocycles. The minimum absolute atomic E-state index is 0.0456. The summed E-state index contributed by atoms with van der Waals surface area (Å²) in [5, 5.41) is 11.3. The van der Waals surface area contributed by atoms with Crippen LogP contribution in [-0.2, 0) is 4.74 Å². The Morgan fingerprint density at radius 2 is 2.37 bits per heavy atom. The van der Waals surface area contributed by atoms with Crippen LogP contribution in [0, 0.1) is 11.8 Å². The van der Waals surface area contributed by atoms with Gasteiger partial charge in [0.2, 0.25) is 0 Å². The van der Waals surface area contributed by atoms with E-state index < -0.39 is 12.1 Å². The first-order valence-corrected chi connectivity index (χ1v) is 5.33. The lowest BCUT2D eigenvalue weighted by Gasteiger charge is -2.00. The lowest BCUT2D eigenvalue weighted by Crippen LogP contribution is -2.24. The molecular weight excluding hydrogens is 248 g/mol. The molecular formula is C13H12N2O4. The highest BCUT2D eigenvalue weighted by Gasteiger charge is 2.06. The minimum Gasteiger partial charge on any atom is -0.478 e. The van der Waals surface area contributed by atoms with Crippen LogP contribution < -0.4 is 5.32 Å². The molecule has 0 saturated heterocycles. The Labute approximate surface area is 110 Å². The first-order valence-electron chi connectivity index (χ1n) is 5.33. The third-order valence-corrected chi connectivity index (χ3v) is 1.93. The maximum atomic E-state index is 11.0. The summed E-state index contributed by atoms with van der Waals surface area (Å²) in [4.78, 5) is 25.7. The molecule has 0 unspecified atom stereocenters. The lowest BCUT2D eigenvalue weighted by atomic mass is 10.1. The van der Waals surface area contributed by atoms with E-state index in [4.69, 9.17) is 5.11 Å². The summed E-state index contributed by atoms with van der Waals surface area (Å²) in [7, 11) is 0. The van der Waals surface area contributed by atoms with Gasteiger partial charge in [0.25, 0.3) is 0 Å². The molecule has 0 aliphatic rings. The van der Waals surface area contributed by atoms with E-state index in [0.29, 0.717) is 0 Å². The quantitative estimate of drug-likeness (QED) is 0.624. The second-order valence-corrected chi connectivity index (χ2v) is 3.27.